The van der Waals surface area contributed by atoms with Gasteiger partial charge in [-0.2, -0.15) is 0 Å². The van der Waals surface area contributed by atoms with Crippen molar-refractivity contribution in [2.45, 2.75) is 10.8 Å². The van der Waals surface area contributed by atoms with Crippen molar-refractivity contribution in [1.82, 2.24) is 14.5 Å². The van der Waals surface area contributed by atoms with Crippen molar-refractivity contribution in [3.05, 3.63) is 281 Å². The first-order valence-electron chi connectivity index (χ1n) is 23.2. The van der Waals surface area contributed by atoms with Gasteiger partial charge in [-0.25, -0.2) is 9.97 Å². The maximum Gasteiger partial charge on any atom is 0.235 e. The highest BCUT2D eigenvalue weighted by molar-refractivity contribution is 6.19. The topological polar surface area (TPSA) is 30.7 Å². The Bertz CT molecular complexity index is 3900. The first kappa shape index (κ1) is 36.7. The number of rotatable bonds is 3. The minimum absolute atomic E-state index is 0.611. The lowest BCUT2D eigenvalue weighted by Crippen LogP contribution is -2.43. The van der Waals surface area contributed by atoms with Gasteiger partial charge in [-0.05, 0) is 90.3 Å². The van der Waals surface area contributed by atoms with E-state index < -0.39 is 10.8 Å². The highest BCUT2D eigenvalue weighted by Crippen LogP contribution is 2.68. The monoisotopic (exact) mass is 849 g/mol. The van der Waals surface area contributed by atoms with Crippen LogP contribution in [0.1, 0.15) is 44.5 Å². The predicted molar refractivity (Wildman–Crippen MR) is 273 cm³/mol. The minimum Gasteiger partial charge on any atom is -0.277 e. The Hall–Kier alpha value is -8.66. The van der Waals surface area contributed by atoms with Crippen molar-refractivity contribution in [1.29, 1.82) is 0 Å². The molecule has 0 atom stereocenters. The van der Waals surface area contributed by atoms with Crippen LogP contribution in [0.25, 0.3) is 83.3 Å². The molecule has 0 bridgehead atoms. The molecule has 0 unspecified atom stereocenters. The van der Waals surface area contributed by atoms with E-state index in [0.29, 0.717) is 5.95 Å². The van der Waals surface area contributed by atoms with E-state index in [1.165, 1.54) is 82.9 Å². The van der Waals surface area contributed by atoms with Crippen LogP contribution in [0.5, 0.6) is 0 Å². The second-order valence-corrected chi connectivity index (χ2v) is 18.3. The van der Waals surface area contributed by atoms with Crippen molar-refractivity contribution < 1.29 is 0 Å². The van der Waals surface area contributed by atoms with Gasteiger partial charge in [0, 0.05) is 27.3 Å². The summed E-state index contributed by atoms with van der Waals surface area (Å²) in [5.41, 5.74) is 20.4. The van der Waals surface area contributed by atoms with Crippen molar-refractivity contribution >= 4 is 32.6 Å². The van der Waals surface area contributed by atoms with E-state index in [9.17, 15) is 0 Å². The second kappa shape index (κ2) is 13.4. The predicted octanol–water partition coefficient (Wildman–Crippen LogP) is 15.1. The summed E-state index contributed by atoms with van der Waals surface area (Å²) < 4.78 is 2.39. The molecule has 2 spiro atoms. The van der Waals surface area contributed by atoms with Crippen molar-refractivity contribution in [2.24, 2.45) is 0 Å². The number of hydrogen-bond acceptors (Lipinski definition) is 2. The van der Waals surface area contributed by atoms with Gasteiger partial charge in [0.15, 0.2) is 0 Å². The molecule has 2 aromatic heterocycles. The number of fused-ring (bicyclic) bond motifs is 21. The smallest absolute Gasteiger partial charge is 0.235 e. The molecule has 0 fully saturated rings. The highest BCUT2D eigenvalue weighted by Gasteiger charge is 2.59. The van der Waals surface area contributed by atoms with Crippen LogP contribution in [0, 0.1) is 0 Å². The fourth-order valence-electron chi connectivity index (χ4n) is 12.8. The molecule has 12 aromatic rings. The van der Waals surface area contributed by atoms with Gasteiger partial charge in [-0.3, -0.25) is 4.57 Å². The van der Waals surface area contributed by atoms with Crippen LogP contribution in [0.15, 0.2) is 237 Å². The van der Waals surface area contributed by atoms with Gasteiger partial charge in [0.1, 0.15) is 0 Å². The summed E-state index contributed by atoms with van der Waals surface area (Å²) in [5, 5.41) is 4.67. The summed E-state index contributed by atoms with van der Waals surface area (Å²) in [6.07, 6.45) is 0. The van der Waals surface area contributed by atoms with Crippen molar-refractivity contribution in [3.8, 4) is 50.7 Å². The van der Waals surface area contributed by atoms with Crippen LogP contribution >= 0.6 is 0 Å². The van der Waals surface area contributed by atoms with Gasteiger partial charge < -0.3 is 0 Å². The normalized spacial score (nSPS) is 14.2. The van der Waals surface area contributed by atoms with Crippen LogP contribution in [-0.4, -0.2) is 14.5 Å². The molecule has 3 aliphatic carbocycles. The molecule has 0 saturated carbocycles. The van der Waals surface area contributed by atoms with E-state index in [0.717, 1.165) is 38.9 Å². The fraction of sp³-hybridized carbons (Fsp3) is 0.0312. The largest absolute Gasteiger partial charge is 0.277 e. The third-order valence-electron chi connectivity index (χ3n) is 15.3. The molecular weight excluding hydrogens is 811 g/mol. The van der Waals surface area contributed by atoms with E-state index in [1.807, 2.05) is 0 Å². The molecule has 0 saturated heterocycles. The Labute approximate surface area is 388 Å². The third-order valence-corrected chi connectivity index (χ3v) is 15.3. The standard InChI is InChI=1S/C64H39N3/c1-3-20-41(21-4-1)58-39-59(42-22-5-2-6-23-42)66-62(65-58)67-60-38-57-56(37-49(60)48-36-35-40-19-7-8-24-43(40)61(48)67)63(50-29-13-9-25-44(50)45-26-10-14-30-51(45)63)54-33-17-18-34-55(54)64(57)52-31-15-11-27-46(52)47-28-12-16-32-53(47)64/h1-39H. The van der Waals surface area contributed by atoms with Gasteiger partial charge in [0.25, 0.3) is 0 Å². The summed E-state index contributed by atoms with van der Waals surface area (Å²) in [7, 11) is 0. The molecule has 0 N–H and O–H groups in total. The number of hydrogen-bond donors (Lipinski definition) is 0. The van der Waals surface area contributed by atoms with Crippen LogP contribution in [0.4, 0.5) is 0 Å². The minimum atomic E-state index is -0.643. The Morgan fingerprint density at radius 3 is 1.22 bits per heavy atom. The molecule has 3 nitrogen and oxygen atoms in total. The molecule has 3 heteroatoms. The summed E-state index contributed by atoms with van der Waals surface area (Å²) in [6.45, 7) is 0. The summed E-state index contributed by atoms with van der Waals surface area (Å²) in [4.78, 5) is 11.1. The molecule has 10 aromatic carbocycles. The average molecular weight is 850 g/mol. The van der Waals surface area contributed by atoms with Gasteiger partial charge in [0.05, 0.1) is 33.3 Å². The van der Waals surface area contributed by atoms with Gasteiger partial charge in [-0.1, -0.05) is 218 Å². The first-order chi connectivity index (χ1) is 33.2. The quantitative estimate of drug-likeness (QED) is 0.177. The maximum atomic E-state index is 5.57. The Morgan fingerprint density at radius 2 is 0.716 bits per heavy atom. The molecule has 0 amide bonds. The lowest BCUT2D eigenvalue weighted by Gasteiger charge is -2.49. The molecule has 3 aliphatic rings. The van der Waals surface area contributed by atoms with E-state index in [-0.39, 0.29) is 0 Å². The Morgan fingerprint density at radius 1 is 0.299 bits per heavy atom. The SMILES string of the molecule is c1ccc(-c2cc(-c3ccccc3)nc(-n3c4cc5c(cc4c4ccc6ccccc6c43)C3(c4ccccc4-c4ccccc43)c3ccccc3C53c4ccccc4-c4ccccc43)n2)cc1. The Kier molecular flexibility index (Phi) is 7.36. The molecule has 0 aliphatic heterocycles. The van der Waals surface area contributed by atoms with Gasteiger partial charge in [0.2, 0.25) is 5.95 Å². The van der Waals surface area contributed by atoms with E-state index in [1.54, 1.807) is 0 Å². The molecule has 0 radical (unpaired) electrons. The lowest BCUT2D eigenvalue weighted by molar-refractivity contribution is 0.634. The van der Waals surface area contributed by atoms with Crippen LogP contribution in [0.2, 0.25) is 0 Å². The van der Waals surface area contributed by atoms with Crippen molar-refractivity contribution in [2.75, 3.05) is 0 Å². The zero-order chi connectivity index (χ0) is 43.8. The molecule has 2 heterocycles. The zero-order valence-electron chi connectivity index (χ0n) is 36.4. The average Bonchev–Trinajstić information content (AvgIpc) is 4.01. The van der Waals surface area contributed by atoms with E-state index in [2.05, 4.69) is 241 Å². The third kappa shape index (κ3) is 4.65. The zero-order valence-corrected chi connectivity index (χ0v) is 36.4. The van der Waals surface area contributed by atoms with Gasteiger partial charge in [-0.15, -0.1) is 0 Å². The number of benzene rings is 10. The van der Waals surface area contributed by atoms with Crippen LogP contribution in [0.3, 0.4) is 0 Å². The number of nitrogens with zero attached hydrogens (tertiary/aromatic N) is 3. The molecule has 310 valence electrons. The lowest BCUT2D eigenvalue weighted by atomic mass is 9.52. The fourth-order valence-corrected chi connectivity index (χ4v) is 12.8. The van der Waals surface area contributed by atoms with Crippen molar-refractivity contribution in [3.63, 3.8) is 0 Å². The van der Waals surface area contributed by atoms with E-state index >= 15 is 0 Å². The summed E-state index contributed by atoms with van der Waals surface area (Å²) in [6, 6.07) is 87.7. The highest BCUT2D eigenvalue weighted by atomic mass is 15.2. The van der Waals surface area contributed by atoms with Crippen LogP contribution < -0.4 is 0 Å². The van der Waals surface area contributed by atoms with Crippen LogP contribution in [-0.2, 0) is 10.8 Å². The molecule has 67 heavy (non-hydrogen) atoms. The summed E-state index contributed by atoms with van der Waals surface area (Å²) in [5.74, 6) is 0.639. The number of aromatic nitrogens is 3. The van der Waals surface area contributed by atoms with E-state index in [4.69, 9.17) is 9.97 Å². The first-order valence-corrected chi connectivity index (χ1v) is 23.2. The maximum absolute atomic E-state index is 5.57. The Balaban J connectivity index is 1.18. The van der Waals surface area contributed by atoms with Gasteiger partial charge >= 0.3 is 0 Å². The second-order valence-electron chi connectivity index (χ2n) is 18.3. The summed E-state index contributed by atoms with van der Waals surface area (Å²) >= 11 is 0. The molecular formula is C64H39N3. The molecule has 15 rings (SSSR count).